The molecule has 0 spiro atoms. The second-order valence-electron chi connectivity index (χ2n) is 11.4. The third-order valence-corrected chi connectivity index (χ3v) is 9.35. The van der Waals surface area contributed by atoms with Crippen LogP contribution >= 0.6 is 0 Å². The lowest BCUT2D eigenvalue weighted by molar-refractivity contribution is -0.128. The number of nitrogens with one attached hydrogen (secondary N) is 2. The maximum atomic E-state index is 13.3. The number of aromatic nitrogens is 1. The fraction of sp³-hybridized carbons (Fsp3) is 0.536. The summed E-state index contributed by atoms with van der Waals surface area (Å²) in [7, 11) is -4.26. The number of ether oxygens (including phenoxy) is 1. The van der Waals surface area contributed by atoms with Crippen LogP contribution in [0.2, 0.25) is 0 Å². The Balaban J connectivity index is 1.31. The van der Waals surface area contributed by atoms with Gasteiger partial charge in [0.25, 0.3) is 15.9 Å². The summed E-state index contributed by atoms with van der Waals surface area (Å²) in [5.41, 5.74) is 0.142. The molecule has 1 aromatic carbocycles. The number of amides is 2. The van der Waals surface area contributed by atoms with Gasteiger partial charge in [-0.25, -0.2) is 14.5 Å². The highest BCUT2D eigenvalue weighted by molar-refractivity contribution is 7.90. The van der Waals surface area contributed by atoms with E-state index in [9.17, 15) is 18.0 Å². The summed E-state index contributed by atoms with van der Waals surface area (Å²) < 4.78 is 35.0. The summed E-state index contributed by atoms with van der Waals surface area (Å²) >= 11 is 0. The van der Waals surface area contributed by atoms with Crippen molar-refractivity contribution in [1.82, 2.24) is 15.0 Å². The van der Waals surface area contributed by atoms with E-state index in [4.69, 9.17) is 9.84 Å². The number of carbonyl (C=O) groups excluding carboxylic acids is 1. The van der Waals surface area contributed by atoms with E-state index in [0.29, 0.717) is 49.8 Å². The number of para-hydroxylation sites is 1. The van der Waals surface area contributed by atoms with Crippen LogP contribution in [0.4, 0.5) is 10.6 Å². The molecule has 2 aromatic rings. The summed E-state index contributed by atoms with van der Waals surface area (Å²) in [6.45, 7) is 4.61. The maximum Gasteiger partial charge on any atom is 0.405 e. The van der Waals surface area contributed by atoms with Crippen LogP contribution in [0.15, 0.2) is 41.4 Å². The van der Waals surface area contributed by atoms with Crippen molar-refractivity contribution >= 4 is 27.8 Å². The molecule has 11 heteroatoms. The molecule has 5 rings (SSSR count). The highest BCUT2D eigenvalue weighted by atomic mass is 32.2. The zero-order chi connectivity index (χ0) is 27.8. The van der Waals surface area contributed by atoms with Gasteiger partial charge in [0, 0.05) is 25.9 Å². The van der Waals surface area contributed by atoms with E-state index in [1.54, 1.807) is 19.1 Å². The largest absolute Gasteiger partial charge is 0.477 e. The number of anilines is 1. The molecule has 0 radical (unpaired) electrons. The molecular weight excluding hydrogens is 520 g/mol. The number of pyridine rings is 1. The monoisotopic (exact) mass is 556 g/mol. The van der Waals surface area contributed by atoms with Crippen molar-refractivity contribution in [1.29, 1.82) is 0 Å². The Morgan fingerprint density at radius 1 is 1.08 bits per heavy atom. The Bertz CT molecular complexity index is 1370. The van der Waals surface area contributed by atoms with Crippen LogP contribution in [0.1, 0.15) is 75.3 Å². The van der Waals surface area contributed by atoms with Gasteiger partial charge in [0.15, 0.2) is 10.6 Å². The predicted molar refractivity (Wildman–Crippen MR) is 146 cm³/mol. The Kier molecular flexibility index (Phi) is 7.21. The normalized spacial score (nSPS) is 22.8. The topological polar surface area (TPSA) is 138 Å². The molecule has 1 atom stereocenters. The van der Waals surface area contributed by atoms with Crippen molar-refractivity contribution in [3.63, 3.8) is 0 Å². The smallest absolute Gasteiger partial charge is 0.405 e. The zero-order valence-electron chi connectivity index (χ0n) is 22.4. The number of nitrogens with zero attached hydrogens (tertiary/aromatic N) is 2. The fourth-order valence-corrected chi connectivity index (χ4v) is 6.75. The third kappa shape index (κ3) is 5.83. The number of aryl methyl sites for hydroxylation is 1. The summed E-state index contributed by atoms with van der Waals surface area (Å²) in [6, 6.07) is 10.6. The number of rotatable bonds is 8. The molecule has 39 heavy (non-hydrogen) atoms. The van der Waals surface area contributed by atoms with Crippen LogP contribution in [0.25, 0.3) is 0 Å². The molecule has 0 bridgehead atoms. The van der Waals surface area contributed by atoms with Gasteiger partial charge >= 0.3 is 6.09 Å². The van der Waals surface area contributed by atoms with E-state index in [1.165, 1.54) is 25.3 Å². The maximum absolute atomic E-state index is 13.3. The second-order valence-corrected chi connectivity index (χ2v) is 13.0. The van der Waals surface area contributed by atoms with Gasteiger partial charge in [0.2, 0.25) is 0 Å². The quantitative estimate of drug-likeness (QED) is 0.442. The molecule has 1 unspecified atom stereocenters. The lowest BCUT2D eigenvalue weighted by Crippen LogP contribution is -2.47. The third-order valence-electron chi connectivity index (χ3n) is 8.12. The van der Waals surface area contributed by atoms with Crippen LogP contribution in [0, 0.1) is 6.92 Å². The number of carbonyl (C=O) groups is 2. The van der Waals surface area contributed by atoms with Crippen LogP contribution < -0.4 is 19.7 Å². The Morgan fingerprint density at radius 2 is 1.79 bits per heavy atom. The fourth-order valence-electron chi connectivity index (χ4n) is 5.75. The van der Waals surface area contributed by atoms with E-state index in [0.717, 1.165) is 24.0 Å². The average Bonchev–Trinajstić information content (AvgIpc) is 3.59. The average molecular weight is 557 g/mol. The molecule has 2 aliphatic carbocycles. The molecule has 2 heterocycles. The van der Waals surface area contributed by atoms with E-state index in [2.05, 4.69) is 21.1 Å². The molecular formula is C28H36N4O6S. The highest BCUT2D eigenvalue weighted by Gasteiger charge is 2.55. The standard InChI is InChI=1S/C28H36N4O6S/c1-19-8-6-11-21(20-9-4-3-5-10-20)24(19)38-28(14-15-28)25(33)31-39(36,37)23-13-7-12-22(29-23)32-17-16-27(2,18-32)30-26(34)35/h6-8,11-13,20,30H,3-5,9-10,14-18H2,1-2H3,(H,31,33)(H,34,35). The van der Waals surface area contributed by atoms with E-state index in [-0.39, 0.29) is 5.03 Å². The van der Waals surface area contributed by atoms with Gasteiger partial charge in [0.1, 0.15) is 11.6 Å². The molecule has 1 saturated heterocycles. The number of carboxylic acid groups (broad SMARTS) is 1. The van der Waals surface area contributed by atoms with E-state index >= 15 is 0 Å². The molecule has 3 N–H and O–H groups in total. The summed E-state index contributed by atoms with van der Waals surface area (Å²) in [6.07, 6.45) is 6.04. The first-order chi connectivity index (χ1) is 18.5. The molecule has 210 valence electrons. The summed E-state index contributed by atoms with van der Waals surface area (Å²) in [4.78, 5) is 30.6. The first kappa shape index (κ1) is 27.2. The van der Waals surface area contributed by atoms with E-state index < -0.39 is 33.2 Å². The molecule has 3 fully saturated rings. The highest BCUT2D eigenvalue weighted by Crippen LogP contribution is 2.46. The van der Waals surface area contributed by atoms with Crippen molar-refractivity contribution in [3.8, 4) is 5.75 Å². The van der Waals surface area contributed by atoms with Crippen LogP contribution in [-0.4, -0.2) is 54.7 Å². The first-order valence-electron chi connectivity index (χ1n) is 13.6. The lowest BCUT2D eigenvalue weighted by atomic mass is 9.83. The minimum absolute atomic E-state index is 0.275. The summed E-state index contributed by atoms with van der Waals surface area (Å²) in [5.74, 6) is 0.783. The number of hydrogen-bond donors (Lipinski definition) is 3. The Morgan fingerprint density at radius 3 is 2.49 bits per heavy atom. The van der Waals surface area contributed by atoms with Gasteiger partial charge in [-0.15, -0.1) is 0 Å². The molecule has 2 amide bonds. The lowest BCUT2D eigenvalue weighted by Gasteiger charge is -2.27. The first-order valence-corrected chi connectivity index (χ1v) is 15.1. The van der Waals surface area contributed by atoms with Gasteiger partial charge in [-0.3, -0.25) is 4.79 Å². The van der Waals surface area contributed by atoms with Gasteiger partial charge in [-0.2, -0.15) is 8.42 Å². The van der Waals surface area contributed by atoms with Gasteiger partial charge in [0.05, 0.1) is 5.54 Å². The van der Waals surface area contributed by atoms with E-state index in [1.807, 2.05) is 24.0 Å². The second kappa shape index (κ2) is 10.3. The minimum atomic E-state index is -4.26. The number of benzene rings is 1. The predicted octanol–water partition coefficient (Wildman–Crippen LogP) is 4.09. The zero-order valence-corrected chi connectivity index (χ0v) is 23.2. The molecule has 10 nitrogen and oxygen atoms in total. The van der Waals surface area contributed by atoms with Crippen LogP contribution in [0.3, 0.4) is 0 Å². The SMILES string of the molecule is Cc1cccc(C2CCCCC2)c1OC1(C(=O)NS(=O)(=O)c2cccc(N3CCC(C)(NC(=O)O)C3)n2)CC1. The molecule has 2 saturated carbocycles. The molecule has 1 aliphatic heterocycles. The van der Waals surface area contributed by atoms with Gasteiger partial charge in [-0.1, -0.05) is 43.5 Å². The van der Waals surface area contributed by atoms with Crippen molar-refractivity contribution in [2.24, 2.45) is 0 Å². The van der Waals surface area contributed by atoms with Crippen LogP contribution in [0.5, 0.6) is 5.75 Å². The van der Waals surface area contributed by atoms with Gasteiger partial charge < -0.3 is 20.1 Å². The number of sulfonamides is 1. The Hall–Kier alpha value is -3.34. The molecule has 1 aromatic heterocycles. The van der Waals surface area contributed by atoms with Crippen molar-refractivity contribution in [3.05, 3.63) is 47.5 Å². The summed E-state index contributed by atoms with van der Waals surface area (Å²) in [5, 5.41) is 11.4. The van der Waals surface area contributed by atoms with Crippen molar-refractivity contribution in [2.75, 3.05) is 18.0 Å². The van der Waals surface area contributed by atoms with Crippen molar-refractivity contribution < 1.29 is 27.9 Å². The minimum Gasteiger partial charge on any atom is -0.477 e. The Labute approximate surface area is 229 Å². The van der Waals surface area contributed by atoms with Gasteiger partial charge in [-0.05, 0) is 62.3 Å². The number of hydrogen-bond acceptors (Lipinski definition) is 7. The van der Waals surface area contributed by atoms with Crippen LogP contribution in [-0.2, 0) is 14.8 Å². The van der Waals surface area contributed by atoms with Crippen molar-refractivity contribution in [2.45, 2.75) is 87.3 Å². The molecule has 3 aliphatic rings.